The largest absolute Gasteiger partial charge is 0.496 e. The van der Waals surface area contributed by atoms with E-state index in [9.17, 15) is 4.79 Å². The van der Waals surface area contributed by atoms with E-state index >= 15 is 0 Å². The first-order valence-corrected chi connectivity index (χ1v) is 6.87. The van der Waals surface area contributed by atoms with Crippen molar-refractivity contribution in [1.29, 1.82) is 0 Å². The molecule has 1 aromatic carbocycles. The van der Waals surface area contributed by atoms with Crippen molar-refractivity contribution in [2.24, 2.45) is 0 Å². The second kappa shape index (κ2) is 6.45. The summed E-state index contributed by atoms with van der Waals surface area (Å²) in [5, 5.41) is 5.91. The number of hydrogen-bond acceptors (Lipinski definition) is 2. The van der Waals surface area contributed by atoms with Crippen LogP contribution in [0.25, 0.3) is 0 Å². The van der Waals surface area contributed by atoms with Crippen LogP contribution in [-0.4, -0.2) is 19.2 Å². The van der Waals surface area contributed by atoms with Crippen molar-refractivity contribution in [2.75, 3.05) is 7.11 Å². The van der Waals surface area contributed by atoms with Crippen LogP contribution in [0.15, 0.2) is 18.2 Å². The normalized spacial score (nSPS) is 15.3. The van der Waals surface area contributed by atoms with Gasteiger partial charge in [-0.05, 0) is 25.8 Å². The molecule has 1 aliphatic carbocycles. The third kappa shape index (κ3) is 3.88. The quantitative estimate of drug-likeness (QED) is 0.876. The van der Waals surface area contributed by atoms with Crippen LogP contribution in [-0.2, 0) is 6.54 Å². The van der Waals surface area contributed by atoms with Crippen LogP contribution < -0.4 is 15.4 Å². The highest BCUT2D eigenvalue weighted by atomic mass is 16.5. The number of aryl methyl sites for hydroxylation is 1. The lowest BCUT2D eigenvalue weighted by atomic mass is 10.1. The van der Waals surface area contributed by atoms with Gasteiger partial charge >= 0.3 is 6.03 Å². The van der Waals surface area contributed by atoms with E-state index in [0.717, 1.165) is 29.7 Å². The first-order chi connectivity index (χ1) is 9.19. The highest BCUT2D eigenvalue weighted by molar-refractivity contribution is 5.74. The maximum Gasteiger partial charge on any atom is 0.315 e. The SMILES string of the molecule is COc1ccc(C)cc1CNC(=O)NC1CCCC1. The van der Waals surface area contributed by atoms with Gasteiger partial charge in [0.1, 0.15) is 5.75 Å². The Bertz CT molecular complexity index is 440. The molecule has 2 rings (SSSR count). The minimum absolute atomic E-state index is 0.0875. The van der Waals surface area contributed by atoms with E-state index in [2.05, 4.69) is 10.6 Å². The highest BCUT2D eigenvalue weighted by Crippen LogP contribution is 2.19. The van der Waals surface area contributed by atoms with Gasteiger partial charge in [0, 0.05) is 18.2 Å². The molecule has 0 aliphatic heterocycles. The fourth-order valence-corrected chi connectivity index (χ4v) is 2.53. The molecule has 0 radical (unpaired) electrons. The Morgan fingerprint density at radius 3 is 2.79 bits per heavy atom. The smallest absolute Gasteiger partial charge is 0.315 e. The van der Waals surface area contributed by atoms with Gasteiger partial charge < -0.3 is 15.4 Å². The van der Waals surface area contributed by atoms with E-state index in [1.807, 2.05) is 25.1 Å². The molecule has 0 atom stereocenters. The average Bonchev–Trinajstić information content (AvgIpc) is 2.89. The van der Waals surface area contributed by atoms with Gasteiger partial charge in [0.05, 0.1) is 7.11 Å². The minimum Gasteiger partial charge on any atom is -0.496 e. The molecular weight excluding hydrogens is 240 g/mol. The molecule has 0 spiro atoms. The number of rotatable bonds is 4. The molecule has 2 N–H and O–H groups in total. The molecule has 0 saturated heterocycles. The second-order valence-electron chi connectivity index (χ2n) is 5.12. The predicted molar refractivity (Wildman–Crippen MR) is 75.4 cm³/mol. The lowest BCUT2D eigenvalue weighted by Gasteiger charge is -2.14. The average molecular weight is 262 g/mol. The van der Waals surface area contributed by atoms with Gasteiger partial charge in [-0.15, -0.1) is 0 Å². The molecular formula is C15H22N2O2. The van der Waals surface area contributed by atoms with Gasteiger partial charge in [-0.1, -0.05) is 30.5 Å². The van der Waals surface area contributed by atoms with Crippen LogP contribution in [0, 0.1) is 6.92 Å². The molecule has 0 aromatic heterocycles. The monoisotopic (exact) mass is 262 g/mol. The van der Waals surface area contributed by atoms with Crippen molar-refractivity contribution in [1.82, 2.24) is 10.6 Å². The molecule has 1 aromatic rings. The molecule has 1 saturated carbocycles. The van der Waals surface area contributed by atoms with Crippen molar-refractivity contribution in [3.8, 4) is 5.75 Å². The van der Waals surface area contributed by atoms with Gasteiger partial charge in [-0.2, -0.15) is 0 Å². The first-order valence-electron chi connectivity index (χ1n) is 6.87. The van der Waals surface area contributed by atoms with Crippen molar-refractivity contribution in [3.63, 3.8) is 0 Å². The molecule has 0 bridgehead atoms. The summed E-state index contributed by atoms with van der Waals surface area (Å²) >= 11 is 0. The number of amides is 2. The number of hydrogen-bond donors (Lipinski definition) is 2. The van der Waals surface area contributed by atoms with Crippen molar-refractivity contribution in [3.05, 3.63) is 29.3 Å². The lowest BCUT2D eigenvalue weighted by molar-refractivity contribution is 0.236. The summed E-state index contributed by atoms with van der Waals surface area (Å²) in [6, 6.07) is 6.23. The fourth-order valence-electron chi connectivity index (χ4n) is 2.53. The van der Waals surface area contributed by atoms with Gasteiger partial charge in [-0.3, -0.25) is 0 Å². The molecule has 0 heterocycles. The van der Waals surface area contributed by atoms with E-state index < -0.39 is 0 Å². The number of methoxy groups -OCH3 is 1. The Hall–Kier alpha value is -1.71. The summed E-state index contributed by atoms with van der Waals surface area (Å²) in [7, 11) is 1.65. The Morgan fingerprint density at radius 1 is 1.37 bits per heavy atom. The van der Waals surface area contributed by atoms with Crippen LogP contribution in [0.3, 0.4) is 0 Å². The molecule has 4 heteroatoms. The Kier molecular flexibility index (Phi) is 4.66. The van der Waals surface area contributed by atoms with Gasteiger partial charge in [0.2, 0.25) is 0 Å². The van der Waals surface area contributed by atoms with Gasteiger partial charge in [0.15, 0.2) is 0 Å². The number of ether oxygens (including phenoxy) is 1. The maximum absolute atomic E-state index is 11.8. The van der Waals surface area contributed by atoms with Crippen molar-refractivity contribution >= 4 is 6.03 Å². The summed E-state index contributed by atoms with van der Waals surface area (Å²) in [5.41, 5.74) is 2.16. The van der Waals surface area contributed by atoms with Gasteiger partial charge in [-0.25, -0.2) is 4.79 Å². The number of benzene rings is 1. The predicted octanol–water partition coefficient (Wildman–Crippen LogP) is 2.75. The summed E-state index contributed by atoms with van der Waals surface area (Å²) in [6.45, 7) is 2.52. The number of carbonyl (C=O) groups excluding carboxylic acids is 1. The van der Waals surface area contributed by atoms with E-state index in [0.29, 0.717) is 12.6 Å². The lowest BCUT2D eigenvalue weighted by Crippen LogP contribution is -2.40. The van der Waals surface area contributed by atoms with Crippen LogP contribution >= 0.6 is 0 Å². The molecule has 4 nitrogen and oxygen atoms in total. The molecule has 1 fully saturated rings. The zero-order chi connectivity index (χ0) is 13.7. The summed E-state index contributed by atoms with van der Waals surface area (Å²) in [5.74, 6) is 0.812. The van der Waals surface area contributed by atoms with E-state index in [1.54, 1.807) is 7.11 Å². The molecule has 19 heavy (non-hydrogen) atoms. The minimum atomic E-state index is -0.0875. The van der Waals surface area contributed by atoms with Crippen LogP contribution in [0.2, 0.25) is 0 Å². The first kappa shape index (κ1) is 13.7. The number of nitrogens with one attached hydrogen (secondary N) is 2. The summed E-state index contributed by atoms with van der Waals surface area (Å²) in [4.78, 5) is 11.8. The molecule has 104 valence electrons. The third-order valence-electron chi connectivity index (χ3n) is 3.57. The highest BCUT2D eigenvalue weighted by Gasteiger charge is 2.16. The zero-order valence-corrected chi connectivity index (χ0v) is 11.7. The zero-order valence-electron chi connectivity index (χ0n) is 11.7. The van der Waals surface area contributed by atoms with Gasteiger partial charge in [0.25, 0.3) is 0 Å². The summed E-state index contributed by atoms with van der Waals surface area (Å²) < 4.78 is 5.29. The molecule has 1 aliphatic rings. The molecule has 2 amide bonds. The Labute approximate surface area is 114 Å². The Morgan fingerprint density at radius 2 is 2.11 bits per heavy atom. The Balaban J connectivity index is 1.87. The standard InChI is InChI=1S/C15H22N2O2/c1-11-7-8-14(19-2)12(9-11)10-16-15(18)17-13-5-3-4-6-13/h7-9,13H,3-6,10H2,1-2H3,(H2,16,17,18). The van der Waals surface area contributed by atoms with Crippen molar-refractivity contribution < 1.29 is 9.53 Å². The van der Waals surface area contributed by atoms with Crippen LogP contribution in [0.4, 0.5) is 4.79 Å². The summed E-state index contributed by atoms with van der Waals surface area (Å²) in [6.07, 6.45) is 4.63. The van der Waals surface area contributed by atoms with E-state index in [-0.39, 0.29) is 6.03 Å². The third-order valence-corrected chi connectivity index (χ3v) is 3.57. The van der Waals surface area contributed by atoms with E-state index in [1.165, 1.54) is 12.8 Å². The van der Waals surface area contributed by atoms with Crippen LogP contribution in [0.1, 0.15) is 36.8 Å². The second-order valence-corrected chi connectivity index (χ2v) is 5.12. The van der Waals surface area contributed by atoms with Crippen LogP contribution in [0.5, 0.6) is 5.75 Å². The number of carbonyl (C=O) groups is 1. The molecule has 0 unspecified atom stereocenters. The maximum atomic E-state index is 11.8. The van der Waals surface area contributed by atoms with Crippen molar-refractivity contribution in [2.45, 2.75) is 45.2 Å². The fraction of sp³-hybridized carbons (Fsp3) is 0.533. The topological polar surface area (TPSA) is 50.4 Å². The van der Waals surface area contributed by atoms with E-state index in [4.69, 9.17) is 4.74 Å². The number of urea groups is 1.